The van der Waals surface area contributed by atoms with E-state index in [9.17, 15) is 0 Å². The van der Waals surface area contributed by atoms with Crippen LogP contribution >= 0.6 is 0 Å². The van der Waals surface area contributed by atoms with E-state index in [1.807, 2.05) is 0 Å². The Hall–Kier alpha value is -1.54. The lowest BCUT2D eigenvalue weighted by molar-refractivity contribution is 0.417. The minimum Gasteiger partial charge on any atom is -0.459 e. The zero-order valence-electron chi connectivity index (χ0n) is 12.9. The SMILES string of the molecule is CCNC(CC)c1ccc(-c2ccc(C(C)C)cc2)o1. The van der Waals surface area contributed by atoms with Crippen molar-refractivity contribution < 1.29 is 4.42 Å². The van der Waals surface area contributed by atoms with Crippen LogP contribution in [-0.2, 0) is 0 Å². The summed E-state index contributed by atoms with van der Waals surface area (Å²) in [6.07, 6.45) is 1.03. The first kappa shape index (κ1) is 14.9. The van der Waals surface area contributed by atoms with E-state index in [0.29, 0.717) is 12.0 Å². The smallest absolute Gasteiger partial charge is 0.134 e. The van der Waals surface area contributed by atoms with Crippen molar-refractivity contribution in [3.63, 3.8) is 0 Å². The molecular formula is C18H25NO. The van der Waals surface area contributed by atoms with E-state index in [4.69, 9.17) is 4.42 Å². The Morgan fingerprint density at radius 3 is 2.25 bits per heavy atom. The Morgan fingerprint density at radius 2 is 1.70 bits per heavy atom. The average molecular weight is 271 g/mol. The minimum absolute atomic E-state index is 0.309. The summed E-state index contributed by atoms with van der Waals surface area (Å²) >= 11 is 0. The molecule has 1 aromatic heterocycles. The molecule has 108 valence electrons. The van der Waals surface area contributed by atoms with Crippen LogP contribution in [0.4, 0.5) is 0 Å². The molecule has 0 saturated carbocycles. The average Bonchev–Trinajstić information content (AvgIpc) is 2.94. The molecule has 0 fully saturated rings. The fourth-order valence-electron chi connectivity index (χ4n) is 2.42. The van der Waals surface area contributed by atoms with Crippen molar-refractivity contribution in [2.24, 2.45) is 0 Å². The van der Waals surface area contributed by atoms with E-state index in [1.165, 1.54) is 5.56 Å². The highest BCUT2D eigenvalue weighted by Crippen LogP contribution is 2.27. The number of rotatable bonds is 6. The van der Waals surface area contributed by atoms with Gasteiger partial charge in [-0.15, -0.1) is 0 Å². The second kappa shape index (κ2) is 6.76. The van der Waals surface area contributed by atoms with Crippen LogP contribution in [0.1, 0.15) is 57.4 Å². The topological polar surface area (TPSA) is 25.2 Å². The quantitative estimate of drug-likeness (QED) is 0.787. The number of hydrogen-bond donors (Lipinski definition) is 1. The minimum atomic E-state index is 0.309. The van der Waals surface area contributed by atoms with Gasteiger partial charge in [0.25, 0.3) is 0 Å². The highest BCUT2D eigenvalue weighted by Gasteiger charge is 2.13. The lowest BCUT2D eigenvalue weighted by atomic mass is 10.0. The van der Waals surface area contributed by atoms with Crippen molar-refractivity contribution >= 4 is 0 Å². The number of hydrogen-bond acceptors (Lipinski definition) is 2. The van der Waals surface area contributed by atoms with Gasteiger partial charge in [-0.25, -0.2) is 0 Å². The summed E-state index contributed by atoms with van der Waals surface area (Å²) in [6, 6.07) is 13.1. The van der Waals surface area contributed by atoms with Gasteiger partial charge in [0.2, 0.25) is 0 Å². The van der Waals surface area contributed by atoms with Gasteiger partial charge < -0.3 is 9.73 Å². The molecule has 1 aromatic carbocycles. The van der Waals surface area contributed by atoms with Crippen molar-refractivity contribution in [1.82, 2.24) is 5.32 Å². The largest absolute Gasteiger partial charge is 0.459 e. The van der Waals surface area contributed by atoms with E-state index in [0.717, 1.165) is 30.0 Å². The van der Waals surface area contributed by atoms with Crippen LogP contribution in [0.25, 0.3) is 11.3 Å². The third-order valence-electron chi connectivity index (χ3n) is 3.69. The van der Waals surface area contributed by atoms with E-state index in [1.54, 1.807) is 0 Å². The molecule has 1 atom stereocenters. The monoisotopic (exact) mass is 271 g/mol. The number of furan rings is 1. The van der Waals surface area contributed by atoms with E-state index in [2.05, 4.69) is 69.4 Å². The molecule has 0 aliphatic rings. The van der Waals surface area contributed by atoms with Gasteiger partial charge >= 0.3 is 0 Å². The van der Waals surface area contributed by atoms with Gasteiger partial charge in [0.15, 0.2) is 0 Å². The predicted molar refractivity (Wildman–Crippen MR) is 84.9 cm³/mol. The fraction of sp³-hybridized carbons (Fsp3) is 0.444. The Kier molecular flexibility index (Phi) is 5.02. The van der Waals surface area contributed by atoms with Crippen LogP contribution in [0.15, 0.2) is 40.8 Å². The molecule has 20 heavy (non-hydrogen) atoms. The van der Waals surface area contributed by atoms with Crippen molar-refractivity contribution in [3.8, 4) is 11.3 Å². The standard InChI is InChI=1S/C18H25NO/c1-5-16(19-6-2)18-12-11-17(20-18)15-9-7-14(8-10-15)13(3)4/h7-13,16,19H,5-6H2,1-4H3. The van der Waals surface area contributed by atoms with Crippen LogP contribution in [0.3, 0.4) is 0 Å². The first-order valence-electron chi connectivity index (χ1n) is 7.59. The molecular weight excluding hydrogens is 246 g/mol. The second-order valence-corrected chi connectivity index (χ2v) is 5.50. The molecule has 0 aliphatic heterocycles. The van der Waals surface area contributed by atoms with Gasteiger partial charge in [0.1, 0.15) is 11.5 Å². The summed E-state index contributed by atoms with van der Waals surface area (Å²) in [6.45, 7) is 9.67. The maximum Gasteiger partial charge on any atom is 0.134 e. The van der Waals surface area contributed by atoms with Gasteiger partial charge in [-0.3, -0.25) is 0 Å². The van der Waals surface area contributed by atoms with Gasteiger partial charge in [-0.1, -0.05) is 52.0 Å². The summed E-state index contributed by atoms with van der Waals surface area (Å²) in [5.41, 5.74) is 2.51. The molecule has 2 aromatic rings. The summed E-state index contributed by atoms with van der Waals surface area (Å²) in [5.74, 6) is 2.54. The summed E-state index contributed by atoms with van der Waals surface area (Å²) in [5, 5.41) is 3.44. The molecule has 0 bridgehead atoms. The Morgan fingerprint density at radius 1 is 1.00 bits per heavy atom. The zero-order chi connectivity index (χ0) is 14.5. The van der Waals surface area contributed by atoms with E-state index in [-0.39, 0.29) is 0 Å². The maximum absolute atomic E-state index is 6.01. The summed E-state index contributed by atoms with van der Waals surface area (Å²) in [4.78, 5) is 0. The first-order chi connectivity index (χ1) is 9.65. The predicted octanol–water partition coefficient (Wildman–Crippen LogP) is 5.13. The molecule has 1 unspecified atom stereocenters. The van der Waals surface area contributed by atoms with E-state index < -0.39 is 0 Å². The van der Waals surface area contributed by atoms with Gasteiger partial charge in [0, 0.05) is 5.56 Å². The number of nitrogens with one attached hydrogen (secondary N) is 1. The maximum atomic E-state index is 6.01. The molecule has 1 N–H and O–H groups in total. The van der Waals surface area contributed by atoms with Gasteiger partial charge in [0.05, 0.1) is 6.04 Å². The second-order valence-electron chi connectivity index (χ2n) is 5.50. The van der Waals surface area contributed by atoms with Crippen LogP contribution in [-0.4, -0.2) is 6.54 Å². The molecule has 0 spiro atoms. The summed E-state index contributed by atoms with van der Waals surface area (Å²) < 4.78 is 6.01. The van der Waals surface area contributed by atoms with Gasteiger partial charge in [-0.05, 0) is 36.6 Å². The van der Waals surface area contributed by atoms with E-state index >= 15 is 0 Å². The molecule has 0 amide bonds. The third-order valence-corrected chi connectivity index (χ3v) is 3.69. The molecule has 2 nitrogen and oxygen atoms in total. The van der Waals surface area contributed by atoms with Crippen LogP contribution in [0.5, 0.6) is 0 Å². The Labute approximate surface area is 122 Å². The van der Waals surface area contributed by atoms with Crippen molar-refractivity contribution in [2.45, 2.75) is 46.1 Å². The lowest BCUT2D eigenvalue weighted by Gasteiger charge is -2.12. The highest BCUT2D eigenvalue weighted by atomic mass is 16.3. The van der Waals surface area contributed by atoms with Crippen LogP contribution in [0, 0.1) is 0 Å². The highest BCUT2D eigenvalue weighted by molar-refractivity contribution is 5.58. The van der Waals surface area contributed by atoms with Crippen LogP contribution < -0.4 is 5.32 Å². The molecule has 2 rings (SSSR count). The zero-order valence-corrected chi connectivity index (χ0v) is 12.9. The molecule has 0 aliphatic carbocycles. The third kappa shape index (κ3) is 3.31. The summed E-state index contributed by atoms with van der Waals surface area (Å²) in [7, 11) is 0. The lowest BCUT2D eigenvalue weighted by Crippen LogP contribution is -2.19. The van der Waals surface area contributed by atoms with Crippen molar-refractivity contribution in [3.05, 3.63) is 47.7 Å². The Bertz CT molecular complexity index is 525. The molecule has 2 heteroatoms. The van der Waals surface area contributed by atoms with Gasteiger partial charge in [-0.2, -0.15) is 0 Å². The van der Waals surface area contributed by atoms with Crippen molar-refractivity contribution in [1.29, 1.82) is 0 Å². The number of benzene rings is 1. The van der Waals surface area contributed by atoms with Crippen LogP contribution in [0.2, 0.25) is 0 Å². The molecule has 1 heterocycles. The normalized spacial score (nSPS) is 12.8. The molecule has 0 radical (unpaired) electrons. The van der Waals surface area contributed by atoms with Crippen molar-refractivity contribution in [2.75, 3.05) is 6.54 Å². The molecule has 0 saturated heterocycles. The first-order valence-corrected chi connectivity index (χ1v) is 7.59. The fourth-order valence-corrected chi connectivity index (χ4v) is 2.42. The Balaban J connectivity index is 2.19.